The molecular formula is C28H36N8O4S. The first-order valence-corrected chi connectivity index (χ1v) is 16.1. The van der Waals surface area contributed by atoms with E-state index >= 15 is 0 Å². The summed E-state index contributed by atoms with van der Waals surface area (Å²) in [6.07, 6.45) is 13.1. The predicted octanol–water partition coefficient (Wildman–Crippen LogP) is 2.81. The molecule has 2 aliphatic heterocycles. The second-order valence-corrected chi connectivity index (χ2v) is 12.5. The Labute approximate surface area is 240 Å². The fourth-order valence-corrected chi connectivity index (χ4v) is 6.05. The zero-order valence-electron chi connectivity index (χ0n) is 23.2. The summed E-state index contributed by atoms with van der Waals surface area (Å²) in [5.41, 5.74) is 3.45. The van der Waals surface area contributed by atoms with Crippen LogP contribution in [0.2, 0.25) is 0 Å². The molecule has 2 fully saturated rings. The molecule has 0 unspecified atom stereocenters. The van der Waals surface area contributed by atoms with Crippen LogP contribution in [0.15, 0.2) is 36.8 Å². The van der Waals surface area contributed by atoms with Crippen LogP contribution in [0, 0.1) is 0 Å². The molecule has 1 saturated heterocycles. The van der Waals surface area contributed by atoms with E-state index in [-0.39, 0.29) is 12.1 Å². The number of hydrogen-bond acceptors (Lipinski definition) is 11. The quantitative estimate of drug-likeness (QED) is 0.362. The maximum Gasteiger partial charge on any atom is 0.229 e. The Morgan fingerprint density at radius 2 is 1.83 bits per heavy atom. The van der Waals surface area contributed by atoms with Gasteiger partial charge in [0.05, 0.1) is 42.3 Å². The van der Waals surface area contributed by atoms with Gasteiger partial charge >= 0.3 is 0 Å². The zero-order valence-corrected chi connectivity index (χ0v) is 24.0. The third-order valence-electron chi connectivity index (χ3n) is 7.64. The van der Waals surface area contributed by atoms with Gasteiger partial charge in [0.1, 0.15) is 11.9 Å². The number of nitrogens with one attached hydrogen (secondary N) is 3. The number of hydrogen-bond donors (Lipinski definition) is 3. The van der Waals surface area contributed by atoms with Crippen LogP contribution in [0.3, 0.4) is 0 Å². The Kier molecular flexibility index (Phi) is 8.17. The lowest BCUT2D eigenvalue weighted by atomic mass is 9.93. The number of nitrogens with zero attached hydrogens (tertiary/aromatic N) is 5. The summed E-state index contributed by atoms with van der Waals surface area (Å²) < 4.78 is 38.2. The lowest BCUT2D eigenvalue weighted by Crippen LogP contribution is -2.37. The highest BCUT2D eigenvalue weighted by atomic mass is 32.2. The average Bonchev–Trinajstić information content (AvgIpc) is 2.99. The van der Waals surface area contributed by atoms with Crippen LogP contribution in [0.1, 0.15) is 37.7 Å². The van der Waals surface area contributed by atoms with Crippen LogP contribution in [0.4, 0.5) is 17.5 Å². The van der Waals surface area contributed by atoms with Gasteiger partial charge in [-0.05, 0) is 50.3 Å². The van der Waals surface area contributed by atoms with Crippen molar-refractivity contribution in [3.8, 4) is 5.88 Å². The number of rotatable bonds is 8. The molecule has 3 aromatic rings. The summed E-state index contributed by atoms with van der Waals surface area (Å²) >= 11 is 0. The molecule has 13 heteroatoms. The van der Waals surface area contributed by atoms with Gasteiger partial charge in [0.25, 0.3) is 0 Å². The van der Waals surface area contributed by atoms with E-state index in [4.69, 9.17) is 14.5 Å². The van der Waals surface area contributed by atoms with Gasteiger partial charge in [0.15, 0.2) is 0 Å². The monoisotopic (exact) mass is 580 g/mol. The van der Waals surface area contributed by atoms with Gasteiger partial charge in [0.2, 0.25) is 21.9 Å². The highest BCUT2D eigenvalue weighted by Gasteiger charge is 2.25. The SMILES string of the molecule is CS(=O)(=O)Nc1cnc2cc(N3CCOCC3)nc(O[C@H]3CC[C@@H](Nc4ncc(C5=CCNCC5)cn4)CC3)c2c1. The minimum atomic E-state index is -3.45. The van der Waals surface area contributed by atoms with E-state index in [1.54, 1.807) is 6.07 Å². The molecule has 5 heterocycles. The van der Waals surface area contributed by atoms with Crippen molar-refractivity contribution in [2.45, 2.75) is 44.2 Å². The summed E-state index contributed by atoms with van der Waals surface area (Å²) in [5, 5.41) is 7.49. The number of aromatic nitrogens is 4. The molecule has 12 nitrogen and oxygen atoms in total. The van der Waals surface area contributed by atoms with Crippen LogP contribution in [-0.4, -0.2) is 86.1 Å². The first-order chi connectivity index (χ1) is 19.9. The average molecular weight is 581 g/mol. The molecule has 3 N–H and O–H groups in total. The van der Waals surface area contributed by atoms with Crippen molar-refractivity contribution in [1.82, 2.24) is 25.3 Å². The largest absolute Gasteiger partial charge is 0.474 e. The first kappa shape index (κ1) is 27.6. The molecule has 1 aliphatic carbocycles. The van der Waals surface area contributed by atoms with Gasteiger partial charge in [-0.1, -0.05) is 6.08 Å². The standard InChI is InChI=1S/C28H36N8O4S/c1-41(37,38)35-22-14-24-25(30-18-22)15-26(36-10-12-39-13-11-36)34-27(24)40-23-4-2-21(3-5-23)33-28-31-16-20(17-32-28)19-6-8-29-9-7-19/h6,14-18,21,23,29,35H,2-5,7-13H2,1H3,(H,31,32,33)/t21-,23+. The van der Waals surface area contributed by atoms with Crippen molar-refractivity contribution >= 4 is 44.0 Å². The Morgan fingerprint density at radius 3 is 2.54 bits per heavy atom. The van der Waals surface area contributed by atoms with Crippen LogP contribution in [0.5, 0.6) is 5.88 Å². The van der Waals surface area contributed by atoms with Crippen molar-refractivity contribution in [2.24, 2.45) is 0 Å². The molecule has 218 valence electrons. The second kappa shape index (κ2) is 12.1. The van der Waals surface area contributed by atoms with Crippen LogP contribution in [0.25, 0.3) is 16.5 Å². The van der Waals surface area contributed by atoms with Gasteiger partial charge in [-0.2, -0.15) is 4.98 Å². The number of ether oxygens (including phenoxy) is 2. The molecule has 0 radical (unpaired) electrons. The maximum absolute atomic E-state index is 11.8. The van der Waals surface area contributed by atoms with Crippen molar-refractivity contribution in [2.75, 3.05) is 60.6 Å². The fourth-order valence-electron chi connectivity index (χ4n) is 5.51. The van der Waals surface area contributed by atoms with Gasteiger partial charge in [0, 0.05) is 49.7 Å². The molecule has 0 spiro atoms. The fraction of sp³-hybridized carbons (Fsp3) is 0.500. The molecule has 0 aromatic carbocycles. The summed E-state index contributed by atoms with van der Waals surface area (Å²) in [5.74, 6) is 1.90. The number of sulfonamides is 1. The zero-order chi connectivity index (χ0) is 28.2. The summed E-state index contributed by atoms with van der Waals surface area (Å²) in [7, 11) is -3.45. The van der Waals surface area contributed by atoms with E-state index in [1.807, 2.05) is 18.5 Å². The minimum Gasteiger partial charge on any atom is -0.474 e. The normalized spacial score (nSPS) is 21.8. The van der Waals surface area contributed by atoms with Gasteiger partial charge in [-0.25, -0.2) is 18.4 Å². The van der Waals surface area contributed by atoms with E-state index in [2.05, 4.69) is 41.3 Å². The summed E-state index contributed by atoms with van der Waals surface area (Å²) in [6, 6.07) is 3.92. The topological polar surface area (TPSA) is 143 Å². The van der Waals surface area contributed by atoms with Crippen molar-refractivity contribution in [1.29, 1.82) is 0 Å². The van der Waals surface area contributed by atoms with Crippen LogP contribution >= 0.6 is 0 Å². The molecular weight excluding hydrogens is 544 g/mol. The number of anilines is 3. The summed E-state index contributed by atoms with van der Waals surface area (Å²) in [4.78, 5) is 20.7. The summed E-state index contributed by atoms with van der Waals surface area (Å²) in [6.45, 7) is 4.62. The first-order valence-electron chi connectivity index (χ1n) is 14.2. The predicted molar refractivity (Wildman–Crippen MR) is 159 cm³/mol. The van der Waals surface area contributed by atoms with Gasteiger partial charge in [-0.3, -0.25) is 9.71 Å². The van der Waals surface area contributed by atoms with Crippen LogP contribution in [-0.2, 0) is 14.8 Å². The smallest absolute Gasteiger partial charge is 0.229 e. The lowest BCUT2D eigenvalue weighted by molar-refractivity contribution is 0.122. The number of pyridine rings is 2. The molecule has 6 rings (SSSR count). The Bertz CT molecular complexity index is 1500. The Morgan fingerprint density at radius 1 is 1.05 bits per heavy atom. The Hall–Kier alpha value is -3.55. The second-order valence-electron chi connectivity index (χ2n) is 10.8. The molecule has 41 heavy (non-hydrogen) atoms. The third kappa shape index (κ3) is 7.03. The molecule has 0 atom stereocenters. The van der Waals surface area contributed by atoms with Gasteiger partial charge in [-0.15, -0.1) is 0 Å². The molecule has 0 bridgehead atoms. The molecule has 3 aromatic heterocycles. The van der Waals surface area contributed by atoms with E-state index in [1.165, 1.54) is 11.8 Å². The van der Waals surface area contributed by atoms with E-state index < -0.39 is 10.0 Å². The van der Waals surface area contributed by atoms with Crippen molar-refractivity contribution in [3.63, 3.8) is 0 Å². The van der Waals surface area contributed by atoms with E-state index in [9.17, 15) is 8.42 Å². The van der Waals surface area contributed by atoms with Gasteiger partial charge < -0.3 is 25.0 Å². The molecule has 0 amide bonds. The van der Waals surface area contributed by atoms with Crippen molar-refractivity contribution < 1.29 is 17.9 Å². The van der Waals surface area contributed by atoms with Crippen molar-refractivity contribution in [3.05, 3.63) is 42.4 Å². The minimum absolute atomic E-state index is 0.0228. The maximum atomic E-state index is 11.8. The highest BCUT2D eigenvalue weighted by Crippen LogP contribution is 2.33. The highest BCUT2D eigenvalue weighted by molar-refractivity contribution is 7.92. The molecule has 1 saturated carbocycles. The Balaban J connectivity index is 1.14. The van der Waals surface area contributed by atoms with E-state index in [0.717, 1.165) is 75.9 Å². The number of morpholine rings is 1. The lowest BCUT2D eigenvalue weighted by Gasteiger charge is -2.31. The van der Waals surface area contributed by atoms with E-state index in [0.29, 0.717) is 41.6 Å². The molecule has 3 aliphatic rings. The number of fused-ring (bicyclic) bond motifs is 1. The third-order valence-corrected chi connectivity index (χ3v) is 8.25. The van der Waals surface area contributed by atoms with Crippen LogP contribution < -0.4 is 25.0 Å².